The average molecular weight is 478 g/mol. The zero-order valence-electron chi connectivity index (χ0n) is 19.8. The molecule has 0 saturated carbocycles. The van der Waals surface area contributed by atoms with Crippen molar-refractivity contribution in [3.8, 4) is 28.1 Å². The first-order valence-electron chi connectivity index (χ1n) is 10.8. The molecule has 0 aliphatic carbocycles. The molecule has 4 aromatic rings. The van der Waals surface area contributed by atoms with E-state index in [0.29, 0.717) is 22.7 Å². The third-order valence-corrected chi connectivity index (χ3v) is 6.16. The van der Waals surface area contributed by atoms with Gasteiger partial charge < -0.3 is 9.72 Å². The highest BCUT2D eigenvalue weighted by Gasteiger charge is 2.20. The van der Waals surface area contributed by atoms with Gasteiger partial charge in [0.2, 0.25) is 15.9 Å². The van der Waals surface area contributed by atoms with E-state index in [0.717, 1.165) is 33.8 Å². The number of rotatable bonds is 5. The number of hydrogen-bond donors (Lipinski definition) is 2. The van der Waals surface area contributed by atoms with Crippen molar-refractivity contribution in [1.82, 2.24) is 9.97 Å². The highest BCUT2D eigenvalue weighted by atomic mass is 32.2. The molecule has 0 spiro atoms. The monoisotopic (exact) mass is 477 g/mol. The van der Waals surface area contributed by atoms with Gasteiger partial charge in [0.05, 0.1) is 30.0 Å². The van der Waals surface area contributed by atoms with Crippen molar-refractivity contribution in [1.29, 1.82) is 0 Å². The van der Waals surface area contributed by atoms with Crippen molar-refractivity contribution in [2.45, 2.75) is 26.2 Å². The fraction of sp³-hybridized carbons (Fsp3) is 0.231. The maximum absolute atomic E-state index is 12.5. The van der Waals surface area contributed by atoms with Crippen LogP contribution in [-0.2, 0) is 15.4 Å². The number of methoxy groups -OCH3 is 1. The number of hydrogen-bond acceptors (Lipinski definition) is 5. The first-order valence-corrected chi connectivity index (χ1v) is 12.6. The highest BCUT2D eigenvalue weighted by Crippen LogP contribution is 2.38. The zero-order valence-corrected chi connectivity index (χ0v) is 20.6. The van der Waals surface area contributed by atoms with E-state index in [1.54, 1.807) is 30.5 Å². The summed E-state index contributed by atoms with van der Waals surface area (Å²) in [5, 5.41) is 0.875. The molecule has 2 heterocycles. The number of ether oxygens (including phenoxy) is 1. The topological polar surface area (TPSA) is 101 Å². The summed E-state index contributed by atoms with van der Waals surface area (Å²) in [7, 11) is -1.83. The first-order chi connectivity index (χ1) is 16.0. The Balaban J connectivity index is 1.98. The Hall–Kier alpha value is -3.65. The van der Waals surface area contributed by atoms with Crippen molar-refractivity contribution >= 4 is 26.6 Å². The summed E-state index contributed by atoms with van der Waals surface area (Å²) in [6.45, 7) is 6.41. The van der Waals surface area contributed by atoms with Gasteiger partial charge in [-0.3, -0.25) is 9.52 Å². The van der Waals surface area contributed by atoms with Crippen molar-refractivity contribution in [2.24, 2.45) is 0 Å². The standard InChI is InChI=1S/C26H27N3O4S/c1-26(2,3)18-13-17-14-22(20-7-6-12-27-24(20)30)25(33-4)28-23(17)21(15-18)16-8-10-19(11-9-16)29-34(5,31)32/h6-15,29H,1-5H3,(H,27,30). The van der Waals surface area contributed by atoms with Crippen LogP contribution in [0.25, 0.3) is 33.2 Å². The number of nitrogens with one attached hydrogen (secondary N) is 2. The number of fused-ring (bicyclic) bond motifs is 1. The number of H-pyrrole nitrogens is 1. The smallest absolute Gasteiger partial charge is 0.256 e. The van der Waals surface area contributed by atoms with E-state index in [4.69, 9.17) is 9.72 Å². The number of anilines is 1. The molecule has 2 aromatic carbocycles. The van der Waals surface area contributed by atoms with Crippen LogP contribution in [0.5, 0.6) is 5.88 Å². The van der Waals surface area contributed by atoms with Gasteiger partial charge in [0, 0.05) is 22.8 Å². The van der Waals surface area contributed by atoms with Crippen LogP contribution in [0.4, 0.5) is 5.69 Å². The van der Waals surface area contributed by atoms with Crippen LogP contribution in [0.1, 0.15) is 26.3 Å². The molecule has 176 valence electrons. The van der Waals surface area contributed by atoms with Crippen LogP contribution in [0.3, 0.4) is 0 Å². The summed E-state index contributed by atoms with van der Waals surface area (Å²) in [5.74, 6) is 0.351. The summed E-state index contributed by atoms with van der Waals surface area (Å²) in [6, 6.07) is 16.8. The molecular weight excluding hydrogens is 450 g/mol. The van der Waals surface area contributed by atoms with Gasteiger partial charge in [0.1, 0.15) is 0 Å². The molecule has 8 heteroatoms. The molecule has 0 aliphatic rings. The molecule has 0 unspecified atom stereocenters. The van der Waals surface area contributed by atoms with Crippen molar-refractivity contribution in [3.05, 3.63) is 76.7 Å². The quantitative estimate of drug-likeness (QED) is 0.424. The Labute approximate surface area is 198 Å². The largest absolute Gasteiger partial charge is 0.481 e. The van der Waals surface area contributed by atoms with Gasteiger partial charge in [-0.25, -0.2) is 13.4 Å². The Morgan fingerprint density at radius 2 is 1.68 bits per heavy atom. The Morgan fingerprint density at radius 1 is 0.971 bits per heavy atom. The number of sulfonamides is 1. The summed E-state index contributed by atoms with van der Waals surface area (Å²) in [5.41, 5.74) is 4.83. The van der Waals surface area contributed by atoms with Crippen LogP contribution < -0.4 is 15.0 Å². The fourth-order valence-corrected chi connectivity index (χ4v) is 4.40. The molecular formula is C26H27N3O4S. The van der Waals surface area contributed by atoms with Crippen molar-refractivity contribution in [3.63, 3.8) is 0 Å². The van der Waals surface area contributed by atoms with E-state index < -0.39 is 10.0 Å². The lowest BCUT2D eigenvalue weighted by Gasteiger charge is -2.22. The normalized spacial score (nSPS) is 12.0. The second kappa shape index (κ2) is 8.61. The maximum atomic E-state index is 12.5. The molecule has 0 bridgehead atoms. The van der Waals surface area contributed by atoms with Crippen LogP contribution >= 0.6 is 0 Å². The summed E-state index contributed by atoms with van der Waals surface area (Å²) >= 11 is 0. The maximum Gasteiger partial charge on any atom is 0.256 e. The third kappa shape index (κ3) is 4.82. The van der Waals surface area contributed by atoms with Gasteiger partial charge in [0.25, 0.3) is 5.56 Å². The van der Waals surface area contributed by atoms with Crippen molar-refractivity contribution in [2.75, 3.05) is 18.1 Å². The summed E-state index contributed by atoms with van der Waals surface area (Å²) in [4.78, 5) is 20.0. The fourth-order valence-electron chi connectivity index (χ4n) is 3.84. The lowest BCUT2D eigenvalue weighted by molar-refractivity contribution is 0.401. The number of aromatic nitrogens is 2. The Morgan fingerprint density at radius 3 is 2.26 bits per heavy atom. The van der Waals surface area contributed by atoms with Gasteiger partial charge in [-0.2, -0.15) is 0 Å². The van der Waals surface area contributed by atoms with E-state index in [9.17, 15) is 13.2 Å². The van der Waals surface area contributed by atoms with E-state index in [-0.39, 0.29) is 11.0 Å². The van der Waals surface area contributed by atoms with E-state index in [1.165, 1.54) is 7.11 Å². The Bertz CT molecular complexity index is 1530. The first kappa shape index (κ1) is 23.5. The minimum atomic E-state index is -3.37. The zero-order chi connectivity index (χ0) is 24.7. The second-order valence-corrected chi connectivity index (χ2v) is 11.0. The van der Waals surface area contributed by atoms with Gasteiger partial charge in [-0.05, 0) is 59.0 Å². The number of pyridine rings is 2. The van der Waals surface area contributed by atoms with Gasteiger partial charge >= 0.3 is 0 Å². The van der Waals surface area contributed by atoms with Crippen LogP contribution in [0, 0.1) is 0 Å². The second-order valence-electron chi connectivity index (χ2n) is 9.26. The highest BCUT2D eigenvalue weighted by molar-refractivity contribution is 7.92. The lowest BCUT2D eigenvalue weighted by Crippen LogP contribution is -2.12. The van der Waals surface area contributed by atoms with Crippen LogP contribution in [-0.4, -0.2) is 31.8 Å². The number of benzene rings is 2. The van der Waals surface area contributed by atoms with Gasteiger partial charge in [0.15, 0.2) is 0 Å². The molecule has 7 nitrogen and oxygen atoms in total. The molecule has 0 fully saturated rings. The van der Waals surface area contributed by atoms with E-state index >= 15 is 0 Å². The van der Waals surface area contributed by atoms with Crippen LogP contribution in [0.15, 0.2) is 65.6 Å². The van der Waals surface area contributed by atoms with E-state index in [2.05, 4.69) is 42.6 Å². The van der Waals surface area contributed by atoms with Gasteiger partial charge in [-0.1, -0.05) is 32.9 Å². The predicted molar refractivity (Wildman–Crippen MR) is 137 cm³/mol. The lowest BCUT2D eigenvalue weighted by atomic mass is 9.84. The van der Waals surface area contributed by atoms with Crippen LogP contribution in [0.2, 0.25) is 0 Å². The summed E-state index contributed by atoms with van der Waals surface area (Å²) in [6.07, 6.45) is 2.71. The third-order valence-electron chi connectivity index (χ3n) is 5.55. The molecule has 34 heavy (non-hydrogen) atoms. The number of aromatic amines is 1. The molecule has 0 amide bonds. The molecule has 2 N–H and O–H groups in total. The Kier molecular flexibility index (Phi) is 5.95. The molecule has 0 aliphatic heterocycles. The molecule has 4 rings (SSSR count). The molecule has 0 radical (unpaired) electrons. The van der Waals surface area contributed by atoms with Gasteiger partial charge in [-0.15, -0.1) is 0 Å². The molecule has 0 atom stereocenters. The minimum absolute atomic E-state index is 0.134. The predicted octanol–water partition coefficient (Wildman–Crippen LogP) is 4.93. The number of nitrogens with zero attached hydrogens (tertiary/aromatic N) is 1. The molecule has 0 saturated heterocycles. The average Bonchev–Trinajstić information content (AvgIpc) is 2.76. The van der Waals surface area contributed by atoms with Crippen molar-refractivity contribution < 1.29 is 13.2 Å². The van der Waals surface area contributed by atoms with E-state index in [1.807, 2.05) is 18.2 Å². The molecule has 2 aromatic heterocycles. The summed E-state index contributed by atoms with van der Waals surface area (Å²) < 4.78 is 31.2. The minimum Gasteiger partial charge on any atom is -0.481 e. The SMILES string of the molecule is COc1nc2c(-c3ccc(NS(C)(=O)=O)cc3)cc(C(C)(C)C)cc2cc1-c1ccc[nH]c1=O.